The number of carboxylic acid groups (broad SMARTS) is 1. The number of hydrogen-bond donors (Lipinski definition) is 1. The number of carboxylic acids is 1. The zero-order valence-electron chi connectivity index (χ0n) is 3.99. The molecule has 0 amide bonds. The van der Waals surface area contributed by atoms with Crippen molar-refractivity contribution in [1.29, 1.82) is 0 Å². The fraction of sp³-hybridized carbons (Fsp3) is 0.500. The second-order valence-electron chi connectivity index (χ2n) is 0.803. The molecule has 0 saturated heterocycles. The average molecular weight is 153 g/mol. The molecule has 0 aromatic carbocycles. The molecule has 0 bridgehead atoms. The van der Waals surface area contributed by atoms with Gasteiger partial charge in [-0.3, -0.25) is 0 Å². The van der Waals surface area contributed by atoms with E-state index in [1.807, 2.05) is 0 Å². The molecular weight excluding hydrogens is 152 g/mol. The number of alkyl halides is 3. The summed E-state index contributed by atoms with van der Waals surface area (Å²) in [6, 6.07) is 0. The molecule has 0 atom stereocenters. The second kappa shape index (κ2) is 3.61. The summed E-state index contributed by atoms with van der Waals surface area (Å²) >= 11 is 3.94. The van der Waals surface area contributed by atoms with Gasteiger partial charge in [-0.2, -0.15) is 8.78 Å². The summed E-state index contributed by atoms with van der Waals surface area (Å²) in [6.45, 7) is 0. The van der Waals surface area contributed by atoms with Gasteiger partial charge in [-0.15, -0.1) is 0 Å². The Bertz CT molecular complexity index is 90.5. The largest absolute Gasteiger partial charge is 1.00 e. The van der Waals surface area contributed by atoms with E-state index in [1.165, 1.54) is 0 Å². The summed E-state index contributed by atoms with van der Waals surface area (Å²) in [6.07, 6.45) is 0. The van der Waals surface area contributed by atoms with Crippen LogP contribution in [0.3, 0.4) is 0 Å². The third-order valence-electron chi connectivity index (χ3n) is 0.243. The van der Waals surface area contributed by atoms with Crippen LogP contribution in [-0.4, -0.2) is 16.5 Å². The maximum atomic E-state index is 11.0. The number of aliphatic carboxylic acids is 1. The maximum absolute atomic E-state index is 11.0. The van der Waals surface area contributed by atoms with Crippen molar-refractivity contribution in [1.82, 2.24) is 0 Å². The van der Waals surface area contributed by atoms with Crippen LogP contribution in [0.1, 0.15) is 0 Å². The molecule has 1 N–H and O–H groups in total. The molecule has 0 rings (SSSR count). The van der Waals surface area contributed by atoms with Crippen LogP contribution < -0.4 is 29.6 Å². The summed E-state index contributed by atoms with van der Waals surface area (Å²) in [5.74, 6) is -2.32. The molecule has 0 aromatic rings. The zero-order chi connectivity index (χ0) is 6.08. The van der Waals surface area contributed by atoms with Gasteiger partial charge in [0, 0.05) is 0 Å². The van der Waals surface area contributed by atoms with E-state index in [-0.39, 0.29) is 29.6 Å². The van der Waals surface area contributed by atoms with Crippen LogP contribution in [0.5, 0.6) is 0 Å². The Labute approximate surface area is 71.1 Å². The van der Waals surface area contributed by atoms with Crippen molar-refractivity contribution in [2.75, 3.05) is 0 Å². The normalized spacial score (nSPS) is 9.88. The molecule has 0 aromatic heterocycles. The second-order valence-corrected chi connectivity index (χ2v) is 1.28. The first-order chi connectivity index (χ1) is 2.94. The SMILES string of the molecule is O=C(O)C(F)(F)Cl.[Na+]. The minimum absolute atomic E-state index is 0. The van der Waals surface area contributed by atoms with Crippen molar-refractivity contribution >= 4 is 17.6 Å². The summed E-state index contributed by atoms with van der Waals surface area (Å²) in [5.41, 5.74) is 0. The van der Waals surface area contributed by atoms with Gasteiger partial charge in [0.25, 0.3) is 0 Å². The molecule has 0 aliphatic heterocycles. The van der Waals surface area contributed by atoms with Crippen molar-refractivity contribution in [3.8, 4) is 0 Å². The molecule has 6 heteroatoms. The molecule has 0 heterocycles. The number of hydrogen-bond acceptors (Lipinski definition) is 1. The average Bonchev–Trinajstić information content (AvgIpc) is 1.31. The van der Waals surface area contributed by atoms with Crippen LogP contribution >= 0.6 is 11.6 Å². The van der Waals surface area contributed by atoms with E-state index in [0.29, 0.717) is 0 Å². The van der Waals surface area contributed by atoms with Crippen LogP contribution in [0.2, 0.25) is 0 Å². The van der Waals surface area contributed by atoms with E-state index >= 15 is 0 Å². The predicted molar refractivity (Wildman–Crippen MR) is 18.4 cm³/mol. The van der Waals surface area contributed by atoms with Crippen LogP contribution in [0.4, 0.5) is 8.78 Å². The van der Waals surface area contributed by atoms with Crippen LogP contribution in [0, 0.1) is 0 Å². The van der Waals surface area contributed by atoms with Gasteiger partial charge in [-0.05, 0) is 11.6 Å². The van der Waals surface area contributed by atoms with E-state index in [9.17, 15) is 8.78 Å². The van der Waals surface area contributed by atoms with Crippen molar-refractivity contribution < 1.29 is 48.2 Å². The third kappa shape index (κ3) is 4.77. The van der Waals surface area contributed by atoms with Crippen LogP contribution in [0.25, 0.3) is 0 Å². The first-order valence-electron chi connectivity index (χ1n) is 1.24. The fourth-order valence-electron chi connectivity index (χ4n) is 0. The van der Waals surface area contributed by atoms with Gasteiger partial charge in [-0.1, -0.05) is 0 Å². The Morgan fingerprint density at radius 3 is 1.75 bits per heavy atom. The van der Waals surface area contributed by atoms with Crippen molar-refractivity contribution in [2.45, 2.75) is 5.38 Å². The smallest absolute Gasteiger partial charge is 0.476 e. The molecule has 0 fully saturated rings. The number of halogens is 3. The van der Waals surface area contributed by atoms with Gasteiger partial charge in [0.1, 0.15) is 0 Å². The standard InChI is InChI=1S/C2HClF2O2.Na/c3-2(4,5)1(6)7;/h(H,6,7);/q;+1. The molecule has 0 radical (unpaired) electrons. The van der Waals surface area contributed by atoms with Gasteiger partial charge in [0.15, 0.2) is 0 Å². The van der Waals surface area contributed by atoms with Crippen molar-refractivity contribution in [2.24, 2.45) is 0 Å². The summed E-state index contributed by atoms with van der Waals surface area (Å²) < 4.78 is 22.0. The number of carbonyl (C=O) groups is 1. The molecule has 2 nitrogen and oxygen atoms in total. The van der Waals surface area contributed by atoms with Crippen LogP contribution in [0.15, 0.2) is 0 Å². The molecule has 0 spiro atoms. The zero-order valence-corrected chi connectivity index (χ0v) is 6.75. The van der Waals surface area contributed by atoms with Gasteiger partial charge in [0.05, 0.1) is 0 Å². The molecule has 0 aliphatic rings. The van der Waals surface area contributed by atoms with E-state index in [2.05, 4.69) is 11.6 Å². The van der Waals surface area contributed by atoms with Crippen LogP contribution in [-0.2, 0) is 4.79 Å². The summed E-state index contributed by atoms with van der Waals surface area (Å²) in [7, 11) is 0. The molecule has 0 unspecified atom stereocenters. The Morgan fingerprint density at radius 1 is 1.62 bits per heavy atom. The van der Waals surface area contributed by atoms with Gasteiger partial charge in [-0.25, -0.2) is 4.79 Å². The summed E-state index contributed by atoms with van der Waals surface area (Å²) in [4.78, 5) is 9.14. The quantitative estimate of drug-likeness (QED) is 0.346. The fourth-order valence-corrected chi connectivity index (χ4v) is 0. The van der Waals surface area contributed by atoms with E-state index < -0.39 is 11.4 Å². The van der Waals surface area contributed by atoms with E-state index in [4.69, 9.17) is 9.90 Å². The minimum atomic E-state index is -4.11. The van der Waals surface area contributed by atoms with E-state index in [1.54, 1.807) is 0 Å². The Balaban J connectivity index is 0. The Kier molecular flexibility index (Phi) is 5.15. The molecule has 0 saturated carbocycles. The Hall–Kier alpha value is 0.620. The third-order valence-corrected chi connectivity index (χ3v) is 0.404. The molecule has 0 aliphatic carbocycles. The molecule has 8 heavy (non-hydrogen) atoms. The summed E-state index contributed by atoms with van der Waals surface area (Å²) in [5, 5.41) is 3.26. The maximum Gasteiger partial charge on any atom is 1.00 e. The van der Waals surface area contributed by atoms with Gasteiger partial charge < -0.3 is 5.11 Å². The molecule has 42 valence electrons. The van der Waals surface area contributed by atoms with E-state index in [0.717, 1.165) is 0 Å². The van der Waals surface area contributed by atoms with Crippen molar-refractivity contribution in [3.05, 3.63) is 0 Å². The Morgan fingerprint density at radius 2 is 1.75 bits per heavy atom. The first kappa shape index (κ1) is 11.4. The van der Waals surface area contributed by atoms with Crippen molar-refractivity contribution in [3.63, 3.8) is 0 Å². The minimum Gasteiger partial charge on any atom is -0.476 e. The predicted octanol–water partition coefficient (Wildman–Crippen LogP) is -2.09. The molecular formula is C2HClF2NaO2+. The number of rotatable bonds is 1. The van der Waals surface area contributed by atoms with Gasteiger partial charge in [0.2, 0.25) is 0 Å². The van der Waals surface area contributed by atoms with Gasteiger partial charge >= 0.3 is 40.9 Å². The monoisotopic (exact) mass is 153 g/mol. The topological polar surface area (TPSA) is 37.3 Å². The first-order valence-corrected chi connectivity index (χ1v) is 1.62.